The van der Waals surface area contributed by atoms with Gasteiger partial charge in [-0.1, -0.05) is 23.9 Å². The van der Waals surface area contributed by atoms with Crippen LogP contribution in [0.4, 0.5) is 5.69 Å². The summed E-state index contributed by atoms with van der Waals surface area (Å²) in [6, 6.07) is 8.01. The van der Waals surface area contributed by atoms with Gasteiger partial charge in [0.2, 0.25) is 0 Å². The lowest BCUT2D eigenvalue weighted by molar-refractivity contribution is -0.147. The topological polar surface area (TPSA) is 86.1 Å². The van der Waals surface area contributed by atoms with Crippen molar-refractivity contribution in [2.45, 2.75) is 31.0 Å². The fourth-order valence-electron chi connectivity index (χ4n) is 2.64. The zero-order chi connectivity index (χ0) is 20.1. The molecule has 0 spiro atoms. The Hall–Kier alpha value is -2.39. The van der Waals surface area contributed by atoms with E-state index in [2.05, 4.69) is 15.4 Å². The molecule has 0 aliphatic rings. The molecule has 0 aliphatic carbocycles. The fraction of sp³-hybridized carbons (Fsp3) is 0.368. The molecule has 0 fully saturated rings. The van der Waals surface area contributed by atoms with Gasteiger partial charge in [0.05, 0.1) is 27.3 Å². The Morgan fingerprint density at radius 1 is 1.29 bits per heavy atom. The minimum absolute atomic E-state index is 0.274. The van der Waals surface area contributed by atoms with Crippen molar-refractivity contribution in [2.75, 3.05) is 17.7 Å². The molecule has 0 bridgehead atoms. The third-order valence-corrected chi connectivity index (χ3v) is 6.43. The van der Waals surface area contributed by atoms with Crippen LogP contribution in [0.3, 0.4) is 0 Å². The van der Waals surface area contributed by atoms with Crippen LogP contribution in [-0.4, -0.2) is 39.0 Å². The molecule has 2 heterocycles. The van der Waals surface area contributed by atoms with E-state index in [1.54, 1.807) is 27.8 Å². The Morgan fingerprint density at radius 3 is 2.79 bits per heavy atom. The minimum Gasteiger partial charge on any atom is -0.456 e. The summed E-state index contributed by atoms with van der Waals surface area (Å²) in [6.45, 7) is 3.39. The summed E-state index contributed by atoms with van der Waals surface area (Å²) in [5.41, 5.74) is 3.24. The first-order chi connectivity index (χ1) is 13.4. The molecular formula is C19H22N4O3S2. The van der Waals surface area contributed by atoms with Crippen molar-refractivity contribution in [3.8, 4) is 0 Å². The second kappa shape index (κ2) is 9.20. The second-order valence-corrected chi connectivity index (χ2v) is 8.65. The lowest BCUT2D eigenvalue weighted by Gasteiger charge is -2.07. The molecule has 7 nitrogen and oxygen atoms in total. The van der Waals surface area contributed by atoms with Crippen molar-refractivity contribution >= 4 is 50.9 Å². The molecule has 28 heavy (non-hydrogen) atoms. The molecule has 9 heteroatoms. The number of rotatable bonds is 8. The van der Waals surface area contributed by atoms with E-state index in [1.165, 1.54) is 0 Å². The van der Waals surface area contributed by atoms with Crippen LogP contribution in [-0.2, 0) is 21.4 Å². The number of nitrogens with one attached hydrogen (secondary N) is 1. The van der Waals surface area contributed by atoms with Crippen molar-refractivity contribution in [1.29, 1.82) is 0 Å². The number of aryl methyl sites for hydroxylation is 2. The van der Waals surface area contributed by atoms with Crippen LogP contribution >= 0.6 is 23.1 Å². The van der Waals surface area contributed by atoms with Gasteiger partial charge in [-0.2, -0.15) is 5.10 Å². The van der Waals surface area contributed by atoms with Crippen molar-refractivity contribution in [3.05, 3.63) is 35.7 Å². The van der Waals surface area contributed by atoms with E-state index in [-0.39, 0.29) is 24.9 Å². The molecule has 3 aromatic rings. The summed E-state index contributed by atoms with van der Waals surface area (Å²) in [5.74, 6) is 0.0333. The maximum absolute atomic E-state index is 12.0. The number of para-hydroxylation sites is 1. The van der Waals surface area contributed by atoms with E-state index in [0.29, 0.717) is 12.1 Å². The molecule has 1 amide bonds. The van der Waals surface area contributed by atoms with Crippen LogP contribution in [0.1, 0.15) is 24.2 Å². The number of hydrogen-bond acceptors (Lipinski definition) is 7. The number of amides is 1. The predicted molar refractivity (Wildman–Crippen MR) is 112 cm³/mol. The van der Waals surface area contributed by atoms with Gasteiger partial charge >= 0.3 is 5.97 Å². The standard InChI is InChI=1S/C19H22N4O3S2/c1-12-18(13(2)23(3)22-12)21-16(24)11-26-17(25)9-6-10-27-19-20-14-7-4-5-8-15(14)28-19/h4-5,7-8H,6,9-11H2,1-3H3,(H,21,24). The Morgan fingerprint density at radius 2 is 2.07 bits per heavy atom. The van der Waals surface area contributed by atoms with Crippen molar-refractivity contribution in [1.82, 2.24) is 14.8 Å². The monoisotopic (exact) mass is 418 g/mol. The van der Waals surface area contributed by atoms with Crippen LogP contribution in [0.5, 0.6) is 0 Å². The Bertz CT molecular complexity index is 963. The highest BCUT2D eigenvalue weighted by atomic mass is 32.2. The van der Waals surface area contributed by atoms with Crippen LogP contribution < -0.4 is 5.32 Å². The molecular weight excluding hydrogens is 396 g/mol. The molecule has 0 atom stereocenters. The first-order valence-corrected chi connectivity index (χ1v) is 10.7. The first kappa shape index (κ1) is 20.3. The van der Waals surface area contributed by atoms with E-state index in [0.717, 1.165) is 31.7 Å². The zero-order valence-corrected chi connectivity index (χ0v) is 17.7. The molecule has 0 aliphatic heterocycles. The minimum atomic E-state index is -0.375. The van der Waals surface area contributed by atoms with Gasteiger partial charge in [0, 0.05) is 19.2 Å². The largest absolute Gasteiger partial charge is 0.456 e. The number of hydrogen-bond donors (Lipinski definition) is 1. The van der Waals surface area contributed by atoms with Crippen LogP contribution in [0.2, 0.25) is 0 Å². The summed E-state index contributed by atoms with van der Waals surface area (Å²) in [5, 5.41) is 6.98. The molecule has 3 rings (SSSR count). The maximum Gasteiger partial charge on any atom is 0.306 e. The lowest BCUT2D eigenvalue weighted by Crippen LogP contribution is -2.21. The molecule has 0 saturated heterocycles. The average Bonchev–Trinajstić information content (AvgIpc) is 3.19. The Balaban J connectivity index is 1.35. The van der Waals surface area contributed by atoms with Crippen molar-refractivity contribution in [3.63, 3.8) is 0 Å². The van der Waals surface area contributed by atoms with Gasteiger partial charge < -0.3 is 10.1 Å². The summed E-state index contributed by atoms with van der Waals surface area (Å²) in [6.07, 6.45) is 0.942. The van der Waals surface area contributed by atoms with Gasteiger partial charge in [-0.05, 0) is 32.4 Å². The normalized spacial score (nSPS) is 11.0. The van der Waals surface area contributed by atoms with Gasteiger partial charge in [0.25, 0.3) is 5.91 Å². The van der Waals surface area contributed by atoms with Gasteiger partial charge in [-0.25, -0.2) is 4.98 Å². The molecule has 0 unspecified atom stereocenters. The summed E-state index contributed by atoms with van der Waals surface area (Å²) >= 11 is 3.28. The Kier molecular flexibility index (Phi) is 6.69. The van der Waals surface area contributed by atoms with E-state index >= 15 is 0 Å². The number of benzene rings is 1. The number of carbonyl (C=O) groups is 2. The first-order valence-electron chi connectivity index (χ1n) is 8.88. The number of thioether (sulfide) groups is 1. The van der Waals surface area contributed by atoms with Crippen molar-refractivity contribution < 1.29 is 14.3 Å². The molecule has 1 aromatic carbocycles. The van der Waals surface area contributed by atoms with E-state index < -0.39 is 0 Å². The zero-order valence-electron chi connectivity index (χ0n) is 16.0. The molecule has 2 aromatic heterocycles. The van der Waals surface area contributed by atoms with Crippen molar-refractivity contribution in [2.24, 2.45) is 7.05 Å². The number of ether oxygens (including phenoxy) is 1. The van der Waals surface area contributed by atoms with Gasteiger partial charge in [0.15, 0.2) is 10.9 Å². The maximum atomic E-state index is 12.0. The van der Waals surface area contributed by atoms with Gasteiger partial charge in [-0.3, -0.25) is 14.3 Å². The van der Waals surface area contributed by atoms with Crippen LogP contribution in [0, 0.1) is 13.8 Å². The number of nitrogens with zero attached hydrogens (tertiary/aromatic N) is 3. The summed E-state index contributed by atoms with van der Waals surface area (Å²) in [7, 11) is 1.81. The smallest absolute Gasteiger partial charge is 0.306 e. The summed E-state index contributed by atoms with van der Waals surface area (Å²) in [4.78, 5) is 28.4. The third kappa shape index (κ3) is 5.11. The molecule has 0 radical (unpaired) electrons. The number of esters is 1. The highest BCUT2D eigenvalue weighted by Gasteiger charge is 2.14. The number of aromatic nitrogens is 3. The lowest BCUT2D eigenvalue weighted by atomic mass is 10.3. The number of thiazole rings is 1. The quantitative estimate of drug-likeness (QED) is 0.341. The Labute approximate surface area is 171 Å². The van der Waals surface area contributed by atoms with E-state index in [4.69, 9.17) is 4.74 Å². The van der Waals surface area contributed by atoms with Crippen LogP contribution in [0.15, 0.2) is 28.6 Å². The highest BCUT2D eigenvalue weighted by Crippen LogP contribution is 2.29. The highest BCUT2D eigenvalue weighted by molar-refractivity contribution is 8.01. The average molecular weight is 419 g/mol. The SMILES string of the molecule is Cc1nn(C)c(C)c1NC(=O)COC(=O)CCCSc1nc2ccccc2s1. The number of anilines is 1. The summed E-state index contributed by atoms with van der Waals surface area (Å²) < 4.78 is 8.91. The fourth-order valence-corrected chi connectivity index (χ4v) is 4.72. The van der Waals surface area contributed by atoms with Crippen LogP contribution in [0.25, 0.3) is 10.2 Å². The molecule has 1 N–H and O–H groups in total. The number of carbonyl (C=O) groups excluding carboxylic acids is 2. The number of fused-ring (bicyclic) bond motifs is 1. The second-order valence-electron chi connectivity index (χ2n) is 6.28. The third-order valence-electron chi connectivity index (χ3n) is 4.16. The predicted octanol–water partition coefficient (Wildman–Crippen LogP) is 3.70. The van der Waals surface area contributed by atoms with E-state index in [1.807, 2.05) is 45.2 Å². The van der Waals surface area contributed by atoms with E-state index in [9.17, 15) is 9.59 Å². The van der Waals surface area contributed by atoms with Gasteiger partial charge in [0.1, 0.15) is 0 Å². The molecule has 148 valence electrons. The molecule has 0 saturated carbocycles. The van der Waals surface area contributed by atoms with Gasteiger partial charge in [-0.15, -0.1) is 11.3 Å².